The third kappa shape index (κ3) is 4.52. The van der Waals surface area contributed by atoms with Crippen molar-refractivity contribution in [2.75, 3.05) is 11.5 Å². The zero-order valence-electron chi connectivity index (χ0n) is 17.5. The molecule has 32 heavy (non-hydrogen) atoms. The second kappa shape index (κ2) is 9.12. The zero-order chi connectivity index (χ0) is 22.7. The molecule has 2 aliphatic rings. The summed E-state index contributed by atoms with van der Waals surface area (Å²) >= 11 is 3.32. The van der Waals surface area contributed by atoms with E-state index in [0.717, 1.165) is 42.3 Å². The van der Waals surface area contributed by atoms with Crippen molar-refractivity contribution in [3.63, 3.8) is 0 Å². The lowest BCUT2D eigenvalue weighted by Gasteiger charge is -2.45. The number of ketones is 1. The number of halogens is 1. The molecule has 0 bridgehead atoms. The largest absolute Gasteiger partial charge is 0.454 e. The van der Waals surface area contributed by atoms with Crippen LogP contribution in [0.4, 0.5) is 5.69 Å². The molecule has 4 rings (SSSR count). The van der Waals surface area contributed by atoms with Gasteiger partial charge in [0.25, 0.3) is 0 Å². The first kappa shape index (κ1) is 22.0. The Hall–Kier alpha value is -3.20. The van der Waals surface area contributed by atoms with Gasteiger partial charge in [-0.1, -0.05) is 34.5 Å². The van der Waals surface area contributed by atoms with Gasteiger partial charge in [-0.2, -0.15) is 4.99 Å². The van der Waals surface area contributed by atoms with E-state index >= 15 is 0 Å². The van der Waals surface area contributed by atoms with Crippen LogP contribution in [0.1, 0.15) is 52.8 Å². The molecule has 1 aliphatic carbocycles. The smallest absolute Gasteiger partial charge is 0.338 e. The van der Waals surface area contributed by atoms with E-state index in [2.05, 4.69) is 25.9 Å². The summed E-state index contributed by atoms with van der Waals surface area (Å²) < 4.78 is 6.07. The third-order valence-corrected chi connectivity index (χ3v) is 6.24. The van der Waals surface area contributed by atoms with Crippen LogP contribution >= 0.6 is 15.9 Å². The van der Waals surface area contributed by atoms with Gasteiger partial charge in [-0.15, -0.1) is 0 Å². The molecule has 9 heteroatoms. The molecular weight excluding hydrogens is 474 g/mol. The number of hydrogen-bond donors (Lipinski definition) is 2. The van der Waals surface area contributed by atoms with Gasteiger partial charge in [0.1, 0.15) is 5.66 Å². The van der Waals surface area contributed by atoms with E-state index in [1.807, 2.05) is 4.90 Å². The molecule has 0 unspecified atom stereocenters. The quantitative estimate of drug-likeness (QED) is 0.480. The number of nitrogens with zero attached hydrogens (tertiary/aromatic N) is 3. The van der Waals surface area contributed by atoms with E-state index in [1.165, 1.54) is 0 Å². The Kier molecular flexibility index (Phi) is 6.27. The van der Waals surface area contributed by atoms with Crippen LogP contribution in [0.2, 0.25) is 0 Å². The monoisotopic (exact) mass is 497 g/mol. The molecule has 1 spiro atoms. The average Bonchev–Trinajstić information content (AvgIpc) is 2.78. The molecule has 0 atom stereocenters. The topological polar surface area (TPSA) is 123 Å². The number of esters is 1. The molecule has 8 nitrogen and oxygen atoms in total. The summed E-state index contributed by atoms with van der Waals surface area (Å²) in [5, 5.41) is 0. The van der Waals surface area contributed by atoms with Gasteiger partial charge in [0.15, 0.2) is 12.4 Å². The van der Waals surface area contributed by atoms with Crippen LogP contribution in [-0.4, -0.2) is 35.9 Å². The van der Waals surface area contributed by atoms with Gasteiger partial charge in [0.2, 0.25) is 11.9 Å². The van der Waals surface area contributed by atoms with Gasteiger partial charge in [-0.3, -0.25) is 9.69 Å². The predicted molar refractivity (Wildman–Crippen MR) is 127 cm³/mol. The van der Waals surface area contributed by atoms with Crippen molar-refractivity contribution in [3.8, 4) is 0 Å². The Morgan fingerprint density at radius 1 is 0.969 bits per heavy atom. The summed E-state index contributed by atoms with van der Waals surface area (Å²) in [6.45, 7) is -0.328. The molecule has 1 aliphatic heterocycles. The number of guanidine groups is 2. The number of Topliss-reactive ketones (excluding diaryl/α,β-unsaturated/α-hetero) is 1. The first-order chi connectivity index (χ1) is 15.4. The van der Waals surface area contributed by atoms with Crippen molar-refractivity contribution in [3.05, 3.63) is 64.1 Å². The second-order valence-electron chi connectivity index (χ2n) is 7.87. The third-order valence-electron chi connectivity index (χ3n) is 5.71. The molecule has 166 valence electrons. The minimum Gasteiger partial charge on any atom is -0.454 e. The minimum atomic E-state index is -0.572. The molecule has 1 saturated carbocycles. The Bertz CT molecular complexity index is 1070. The fourth-order valence-electron chi connectivity index (χ4n) is 4.17. The molecule has 0 saturated heterocycles. The predicted octanol–water partition coefficient (Wildman–Crippen LogP) is 3.60. The highest BCUT2D eigenvalue weighted by Gasteiger charge is 2.42. The Labute approximate surface area is 194 Å². The van der Waals surface area contributed by atoms with Gasteiger partial charge in [0, 0.05) is 15.7 Å². The van der Waals surface area contributed by atoms with Gasteiger partial charge in [-0.05, 0) is 62.1 Å². The Balaban J connectivity index is 1.46. The second-order valence-corrected chi connectivity index (χ2v) is 8.79. The van der Waals surface area contributed by atoms with Gasteiger partial charge < -0.3 is 16.2 Å². The maximum absolute atomic E-state index is 12.4. The van der Waals surface area contributed by atoms with E-state index in [4.69, 9.17) is 16.2 Å². The molecule has 1 heterocycles. The summed E-state index contributed by atoms with van der Waals surface area (Å²) in [5.41, 5.74) is 13.2. The van der Waals surface area contributed by atoms with Crippen LogP contribution in [0.3, 0.4) is 0 Å². The number of nitrogens with two attached hydrogens (primary N) is 2. The zero-order valence-corrected chi connectivity index (χ0v) is 19.0. The van der Waals surface area contributed by atoms with Crippen molar-refractivity contribution in [1.82, 2.24) is 0 Å². The van der Waals surface area contributed by atoms with Crippen LogP contribution in [0, 0.1) is 0 Å². The van der Waals surface area contributed by atoms with Crippen molar-refractivity contribution in [1.29, 1.82) is 0 Å². The van der Waals surface area contributed by atoms with Crippen LogP contribution in [0.25, 0.3) is 0 Å². The Morgan fingerprint density at radius 2 is 1.59 bits per heavy atom. The summed E-state index contributed by atoms with van der Waals surface area (Å²) in [5.74, 6) is -0.363. The van der Waals surface area contributed by atoms with Gasteiger partial charge in [-0.25, -0.2) is 9.79 Å². The number of benzene rings is 2. The lowest BCUT2D eigenvalue weighted by atomic mass is 9.87. The number of carbonyl (C=O) groups excluding carboxylic acids is 2. The summed E-state index contributed by atoms with van der Waals surface area (Å²) in [4.78, 5) is 35.4. The van der Waals surface area contributed by atoms with Crippen molar-refractivity contribution in [2.24, 2.45) is 21.5 Å². The minimum absolute atomic E-state index is 0.191. The van der Waals surface area contributed by atoms with Crippen molar-refractivity contribution >= 4 is 45.3 Å². The van der Waals surface area contributed by atoms with E-state index in [0.29, 0.717) is 11.1 Å². The number of anilines is 1. The van der Waals surface area contributed by atoms with Gasteiger partial charge >= 0.3 is 5.97 Å². The first-order valence-electron chi connectivity index (χ1n) is 10.4. The molecular formula is C23H24BrN5O3. The average molecular weight is 498 g/mol. The molecule has 1 fully saturated rings. The van der Waals surface area contributed by atoms with Gasteiger partial charge in [0.05, 0.1) is 5.56 Å². The lowest BCUT2D eigenvalue weighted by molar-refractivity contribution is 0.0475. The highest BCUT2D eigenvalue weighted by atomic mass is 79.9. The van der Waals surface area contributed by atoms with Crippen LogP contribution in [0.15, 0.2) is 63.0 Å². The molecule has 0 amide bonds. The number of ether oxygens (including phenoxy) is 1. The van der Waals surface area contributed by atoms with Crippen LogP contribution in [0.5, 0.6) is 0 Å². The fourth-order valence-corrected chi connectivity index (χ4v) is 4.44. The van der Waals surface area contributed by atoms with Crippen molar-refractivity contribution < 1.29 is 14.3 Å². The standard InChI is InChI=1S/C23H24BrN5O3/c24-17-8-4-15(5-9-17)19(30)14-32-20(31)16-6-10-18(11-7-16)29-22(26)27-21(25)28-23(29)12-2-1-3-13-23/h4-11H,1-3,12-14H2,(H4,25,26,27,28). The maximum atomic E-state index is 12.4. The number of rotatable bonds is 5. The number of hydrogen-bond acceptors (Lipinski definition) is 8. The highest BCUT2D eigenvalue weighted by molar-refractivity contribution is 9.10. The normalized spacial score (nSPS) is 17.5. The van der Waals surface area contributed by atoms with Crippen LogP contribution in [-0.2, 0) is 4.74 Å². The lowest BCUT2D eigenvalue weighted by Crippen LogP contribution is -2.58. The van der Waals surface area contributed by atoms with E-state index in [-0.39, 0.29) is 24.3 Å². The van der Waals surface area contributed by atoms with E-state index in [1.54, 1.807) is 48.5 Å². The Morgan fingerprint density at radius 3 is 2.25 bits per heavy atom. The van der Waals surface area contributed by atoms with Crippen molar-refractivity contribution in [2.45, 2.75) is 37.8 Å². The molecule has 4 N–H and O–H groups in total. The van der Waals surface area contributed by atoms with E-state index < -0.39 is 11.6 Å². The molecule has 2 aromatic rings. The fraction of sp³-hybridized carbons (Fsp3) is 0.304. The maximum Gasteiger partial charge on any atom is 0.338 e. The highest BCUT2D eigenvalue weighted by Crippen LogP contribution is 2.39. The number of aliphatic imine (C=N–C) groups is 2. The molecule has 2 aromatic carbocycles. The molecule has 0 aromatic heterocycles. The van der Waals surface area contributed by atoms with Crippen LogP contribution < -0.4 is 16.4 Å². The first-order valence-corrected chi connectivity index (χ1v) is 11.2. The SMILES string of the molecule is NC1=NC2(CCCCC2)N(c2ccc(C(=O)OCC(=O)c3ccc(Br)cc3)cc2)C(N)=N1. The van der Waals surface area contributed by atoms with E-state index in [9.17, 15) is 9.59 Å². The summed E-state index contributed by atoms with van der Waals surface area (Å²) in [6.07, 6.45) is 4.85. The number of carbonyl (C=O) groups is 2. The summed E-state index contributed by atoms with van der Waals surface area (Å²) in [6, 6.07) is 13.7. The summed E-state index contributed by atoms with van der Waals surface area (Å²) in [7, 11) is 0. The molecule has 0 radical (unpaired) electrons.